The molecule has 0 N–H and O–H groups in total. The molecule has 1 amide bonds. The molecule has 0 bridgehead atoms. The molecule has 1 heterocycles. The van der Waals surface area contributed by atoms with Crippen LogP contribution in [0.3, 0.4) is 0 Å². The standard InChI is InChI=1S/C34H47NO3/c1-21-18-25-32(5,23-19-24(36)28(37)22(2)27(21)23)13-15-34(7)26-20-31(4,29(38)35-16-8-9-17-35)11-10-30(26,3)12-14-33(25,34)6/h18-19,21,26H,8-17,20H2,1-7H3/t21?,26-,30-,31-,32+,33-,34+/m1/s1. The fraction of sp³-hybridized carbons (Fsp3) is 0.735. The van der Waals surface area contributed by atoms with Gasteiger partial charge in [0.15, 0.2) is 0 Å². The van der Waals surface area contributed by atoms with Gasteiger partial charge < -0.3 is 4.90 Å². The first-order chi connectivity index (χ1) is 17.7. The van der Waals surface area contributed by atoms with Crippen molar-refractivity contribution in [2.75, 3.05) is 13.1 Å². The van der Waals surface area contributed by atoms with E-state index in [1.54, 1.807) is 6.08 Å². The molecule has 4 heteroatoms. The second-order valence-electron chi connectivity index (χ2n) is 15.2. The van der Waals surface area contributed by atoms with E-state index in [2.05, 4.69) is 52.5 Å². The highest BCUT2D eigenvalue weighted by atomic mass is 16.2. The summed E-state index contributed by atoms with van der Waals surface area (Å²) in [6, 6.07) is 0. The van der Waals surface area contributed by atoms with Crippen LogP contribution < -0.4 is 0 Å². The summed E-state index contributed by atoms with van der Waals surface area (Å²) in [5.74, 6) is 0.332. The topological polar surface area (TPSA) is 54.5 Å². The number of hydrogen-bond acceptors (Lipinski definition) is 3. The maximum absolute atomic E-state index is 13.9. The molecular weight excluding hydrogens is 470 g/mol. The smallest absolute Gasteiger partial charge is 0.228 e. The maximum Gasteiger partial charge on any atom is 0.228 e. The molecule has 7 atom stereocenters. The van der Waals surface area contributed by atoms with Crippen LogP contribution in [0.1, 0.15) is 106 Å². The molecule has 38 heavy (non-hydrogen) atoms. The number of ketones is 2. The fourth-order valence-electron chi connectivity index (χ4n) is 10.5. The normalized spacial score (nSPS) is 46.6. The zero-order chi connectivity index (χ0) is 27.5. The van der Waals surface area contributed by atoms with E-state index in [0.717, 1.165) is 75.6 Å². The van der Waals surface area contributed by atoms with Gasteiger partial charge in [-0.05, 0) is 110 Å². The van der Waals surface area contributed by atoms with E-state index in [9.17, 15) is 14.4 Å². The van der Waals surface area contributed by atoms with Gasteiger partial charge >= 0.3 is 0 Å². The van der Waals surface area contributed by atoms with Gasteiger partial charge in [0.1, 0.15) is 0 Å². The number of amides is 1. The van der Waals surface area contributed by atoms with Crippen LogP contribution in [0.5, 0.6) is 0 Å². The molecule has 4 fully saturated rings. The van der Waals surface area contributed by atoms with Crippen molar-refractivity contribution in [3.8, 4) is 0 Å². The highest BCUT2D eigenvalue weighted by molar-refractivity contribution is 6.48. The molecule has 0 aromatic carbocycles. The van der Waals surface area contributed by atoms with Crippen molar-refractivity contribution in [3.05, 3.63) is 34.4 Å². The summed E-state index contributed by atoms with van der Waals surface area (Å²) in [5.41, 5.74) is 4.21. The van der Waals surface area contributed by atoms with E-state index < -0.39 is 0 Å². The van der Waals surface area contributed by atoms with E-state index >= 15 is 0 Å². The third-order valence-corrected chi connectivity index (χ3v) is 13.2. The van der Waals surface area contributed by atoms with Gasteiger partial charge in [-0.2, -0.15) is 0 Å². The highest BCUT2D eigenvalue weighted by Crippen LogP contribution is 2.76. The van der Waals surface area contributed by atoms with Crippen molar-refractivity contribution in [2.45, 2.75) is 106 Å². The van der Waals surface area contributed by atoms with Crippen LogP contribution in [-0.2, 0) is 14.4 Å². The number of rotatable bonds is 1. The number of fused-ring (bicyclic) bond motifs is 7. The lowest BCUT2D eigenvalue weighted by molar-refractivity contribution is -0.174. The van der Waals surface area contributed by atoms with Gasteiger partial charge in [0.25, 0.3) is 0 Å². The lowest BCUT2D eigenvalue weighted by atomic mass is 9.34. The summed E-state index contributed by atoms with van der Waals surface area (Å²) < 4.78 is 0. The van der Waals surface area contributed by atoms with Crippen LogP contribution in [-0.4, -0.2) is 35.5 Å². The van der Waals surface area contributed by atoms with Crippen molar-refractivity contribution in [3.63, 3.8) is 0 Å². The zero-order valence-electron chi connectivity index (χ0n) is 24.8. The van der Waals surface area contributed by atoms with E-state index in [1.165, 1.54) is 12.0 Å². The SMILES string of the molecule is CC1=C2C(=CC(=O)C1=O)[C@]1(C)CC[C@@]3(C)[C@@H]4C[C@](C)(C(=O)N5CCCC5)CC[C@]4(C)CC[C@]3(C)C1=CC2C. The third kappa shape index (κ3) is 3.18. The number of carbonyl (C=O) groups is 3. The Balaban J connectivity index is 1.43. The molecule has 206 valence electrons. The Morgan fingerprint density at radius 3 is 2.26 bits per heavy atom. The van der Waals surface area contributed by atoms with Gasteiger partial charge in [0, 0.05) is 29.5 Å². The maximum atomic E-state index is 13.9. The Morgan fingerprint density at radius 2 is 1.58 bits per heavy atom. The molecule has 1 aliphatic heterocycles. The van der Waals surface area contributed by atoms with Gasteiger partial charge in [-0.25, -0.2) is 0 Å². The summed E-state index contributed by atoms with van der Waals surface area (Å²) in [4.78, 5) is 41.4. The van der Waals surface area contributed by atoms with E-state index in [1.807, 2.05) is 6.92 Å². The van der Waals surface area contributed by atoms with Crippen molar-refractivity contribution >= 4 is 17.5 Å². The average Bonchev–Trinajstić information content (AvgIpc) is 3.41. The van der Waals surface area contributed by atoms with Crippen LogP contribution in [0.15, 0.2) is 34.4 Å². The first kappa shape index (κ1) is 26.3. The first-order valence-electron chi connectivity index (χ1n) is 15.2. The van der Waals surface area contributed by atoms with Gasteiger partial charge in [-0.15, -0.1) is 0 Å². The molecule has 3 saturated carbocycles. The van der Waals surface area contributed by atoms with Gasteiger partial charge in [-0.1, -0.05) is 53.2 Å². The molecule has 0 spiro atoms. The Hall–Kier alpha value is -1.97. The number of hydrogen-bond donors (Lipinski definition) is 0. The Morgan fingerprint density at radius 1 is 0.921 bits per heavy atom. The van der Waals surface area contributed by atoms with E-state index in [4.69, 9.17) is 0 Å². The highest BCUT2D eigenvalue weighted by Gasteiger charge is 2.67. The Bertz CT molecular complexity index is 1230. The summed E-state index contributed by atoms with van der Waals surface area (Å²) in [7, 11) is 0. The molecule has 0 aromatic heterocycles. The number of likely N-dealkylation sites (tertiary alicyclic amines) is 1. The summed E-state index contributed by atoms with van der Waals surface area (Å²) in [6.45, 7) is 18.1. The molecule has 1 unspecified atom stereocenters. The van der Waals surface area contributed by atoms with Crippen molar-refractivity contribution in [1.29, 1.82) is 0 Å². The molecule has 6 aliphatic rings. The van der Waals surface area contributed by atoms with Gasteiger partial charge in [-0.3, -0.25) is 14.4 Å². The summed E-state index contributed by atoms with van der Waals surface area (Å²) in [5, 5.41) is 0. The minimum absolute atomic E-state index is 0.00183. The van der Waals surface area contributed by atoms with Crippen LogP contribution >= 0.6 is 0 Å². The molecule has 5 aliphatic carbocycles. The predicted molar refractivity (Wildman–Crippen MR) is 150 cm³/mol. The summed E-state index contributed by atoms with van der Waals surface area (Å²) in [6.07, 6.45) is 14.0. The van der Waals surface area contributed by atoms with Crippen LogP contribution in [0, 0.1) is 38.9 Å². The summed E-state index contributed by atoms with van der Waals surface area (Å²) >= 11 is 0. The van der Waals surface area contributed by atoms with Crippen molar-refractivity contribution in [2.24, 2.45) is 38.9 Å². The monoisotopic (exact) mass is 517 g/mol. The van der Waals surface area contributed by atoms with Crippen molar-refractivity contribution in [1.82, 2.24) is 4.90 Å². The Kier molecular flexibility index (Phi) is 5.56. The molecule has 4 nitrogen and oxygen atoms in total. The molecular formula is C34H47NO3. The largest absolute Gasteiger partial charge is 0.342 e. The fourth-order valence-corrected chi connectivity index (χ4v) is 10.5. The zero-order valence-corrected chi connectivity index (χ0v) is 24.8. The number of nitrogens with zero attached hydrogens (tertiary/aromatic N) is 1. The van der Waals surface area contributed by atoms with E-state index in [0.29, 0.717) is 17.4 Å². The van der Waals surface area contributed by atoms with Gasteiger partial charge in [0.2, 0.25) is 17.5 Å². The number of allylic oxidation sites excluding steroid dienone is 6. The van der Waals surface area contributed by atoms with Crippen LogP contribution in [0.25, 0.3) is 0 Å². The second-order valence-corrected chi connectivity index (χ2v) is 15.2. The van der Waals surface area contributed by atoms with E-state index in [-0.39, 0.29) is 44.6 Å². The first-order valence-corrected chi connectivity index (χ1v) is 15.2. The third-order valence-electron chi connectivity index (χ3n) is 13.2. The van der Waals surface area contributed by atoms with Gasteiger partial charge in [0.05, 0.1) is 0 Å². The number of carbonyl (C=O) groups excluding carboxylic acids is 3. The molecule has 0 aromatic rings. The van der Waals surface area contributed by atoms with Crippen molar-refractivity contribution < 1.29 is 14.4 Å². The lowest BCUT2D eigenvalue weighted by Gasteiger charge is -2.70. The quantitative estimate of drug-likeness (QED) is 0.214. The molecule has 1 saturated heterocycles. The average molecular weight is 518 g/mol. The second kappa shape index (κ2) is 8.04. The predicted octanol–water partition coefficient (Wildman–Crippen LogP) is 7.00. The Labute approximate surface area is 229 Å². The minimum atomic E-state index is -0.353. The molecule has 0 radical (unpaired) electrons. The minimum Gasteiger partial charge on any atom is -0.342 e. The number of Topliss-reactive ketones (excluding diaryl/α,β-unsaturated/α-hetero) is 1. The lowest BCUT2D eigenvalue weighted by Crippen LogP contribution is -2.63. The molecule has 6 rings (SSSR count). The van der Waals surface area contributed by atoms with Crippen LogP contribution in [0.2, 0.25) is 0 Å². The van der Waals surface area contributed by atoms with Crippen LogP contribution in [0.4, 0.5) is 0 Å².